The third kappa shape index (κ3) is 4.59. The Bertz CT molecular complexity index is 1250. The van der Waals surface area contributed by atoms with E-state index in [1.807, 2.05) is 60.7 Å². The number of esters is 1. The van der Waals surface area contributed by atoms with Crippen molar-refractivity contribution >= 4 is 22.8 Å². The Morgan fingerprint density at radius 2 is 1.66 bits per heavy atom. The lowest BCUT2D eigenvalue weighted by Crippen LogP contribution is -2.35. The molecule has 0 spiro atoms. The van der Waals surface area contributed by atoms with Gasteiger partial charge in [0.15, 0.2) is 6.04 Å². The number of benzene rings is 3. The number of aromatic hydroxyl groups is 1. The van der Waals surface area contributed by atoms with Crippen LogP contribution in [0.15, 0.2) is 84.9 Å². The van der Waals surface area contributed by atoms with Crippen LogP contribution in [0.2, 0.25) is 0 Å². The number of phenols is 1. The van der Waals surface area contributed by atoms with Gasteiger partial charge in [0.25, 0.3) is 0 Å². The summed E-state index contributed by atoms with van der Waals surface area (Å²) >= 11 is 0. The molecule has 6 nitrogen and oxygen atoms in total. The minimum atomic E-state index is -0.977. The van der Waals surface area contributed by atoms with E-state index in [1.165, 1.54) is 19.2 Å². The van der Waals surface area contributed by atoms with E-state index < -0.39 is 12.0 Å². The second-order valence-corrected chi connectivity index (χ2v) is 7.34. The number of methoxy groups -OCH3 is 1. The number of hydrogen-bond donors (Lipinski definition) is 2. The molecule has 0 unspecified atom stereocenters. The molecule has 0 aliphatic carbocycles. The highest BCUT2D eigenvalue weighted by molar-refractivity contribution is 5.92. The molecule has 1 heterocycles. The van der Waals surface area contributed by atoms with Gasteiger partial charge in [-0.15, -0.1) is 0 Å². The predicted octanol–water partition coefficient (Wildman–Crippen LogP) is 4.18. The van der Waals surface area contributed by atoms with Crippen molar-refractivity contribution in [2.75, 3.05) is 7.11 Å². The van der Waals surface area contributed by atoms with Crippen LogP contribution in [0.1, 0.15) is 17.2 Å². The number of pyridine rings is 1. The van der Waals surface area contributed by atoms with Gasteiger partial charge >= 0.3 is 5.97 Å². The van der Waals surface area contributed by atoms with Gasteiger partial charge in [0, 0.05) is 10.9 Å². The first-order valence-electron chi connectivity index (χ1n) is 10.2. The van der Waals surface area contributed by atoms with E-state index in [2.05, 4.69) is 5.32 Å². The molecule has 0 aliphatic rings. The van der Waals surface area contributed by atoms with Crippen LogP contribution in [0.4, 0.5) is 0 Å². The summed E-state index contributed by atoms with van der Waals surface area (Å²) in [5.41, 5.74) is 3.85. The average Bonchev–Trinajstić information content (AvgIpc) is 2.83. The second kappa shape index (κ2) is 9.31. The number of phenolic OH excluding ortho intramolecular Hbond substituents is 1. The van der Waals surface area contributed by atoms with Gasteiger partial charge in [-0.2, -0.15) is 0 Å². The van der Waals surface area contributed by atoms with Gasteiger partial charge in [0.2, 0.25) is 5.91 Å². The molecule has 1 atom stereocenters. The molecule has 6 heteroatoms. The summed E-state index contributed by atoms with van der Waals surface area (Å²) in [5.74, 6) is -0.849. The van der Waals surface area contributed by atoms with Crippen molar-refractivity contribution in [3.8, 4) is 17.0 Å². The lowest BCUT2D eigenvalue weighted by Gasteiger charge is -2.17. The zero-order chi connectivity index (χ0) is 22.5. The highest BCUT2D eigenvalue weighted by Gasteiger charge is 2.24. The zero-order valence-electron chi connectivity index (χ0n) is 17.5. The molecule has 0 bridgehead atoms. The van der Waals surface area contributed by atoms with Crippen molar-refractivity contribution in [1.29, 1.82) is 0 Å². The number of amides is 1. The number of carbonyl (C=O) groups is 2. The summed E-state index contributed by atoms with van der Waals surface area (Å²) in [6.07, 6.45) is 0.0639. The maximum atomic E-state index is 13.0. The Labute approximate surface area is 185 Å². The Morgan fingerprint density at radius 3 is 2.38 bits per heavy atom. The molecular weight excluding hydrogens is 404 g/mol. The Hall–Kier alpha value is -4.19. The molecule has 3 aromatic carbocycles. The first-order valence-corrected chi connectivity index (χ1v) is 10.2. The molecule has 2 N–H and O–H groups in total. The summed E-state index contributed by atoms with van der Waals surface area (Å²) in [4.78, 5) is 30.1. The summed E-state index contributed by atoms with van der Waals surface area (Å²) in [7, 11) is 1.27. The van der Waals surface area contributed by atoms with Crippen molar-refractivity contribution in [3.63, 3.8) is 0 Å². The van der Waals surface area contributed by atoms with E-state index in [0.717, 1.165) is 27.7 Å². The van der Waals surface area contributed by atoms with E-state index in [1.54, 1.807) is 12.1 Å². The quantitative estimate of drug-likeness (QED) is 0.452. The smallest absolute Gasteiger partial charge is 0.333 e. The molecule has 4 aromatic rings. The molecule has 160 valence electrons. The molecule has 1 aromatic heterocycles. The molecule has 1 amide bonds. The Morgan fingerprint density at radius 1 is 0.969 bits per heavy atom. The maximum Gasteiger partial charge on any atom is 0.333 e. The zero-order valence-corrected chi connectivity index (χ0v) is 17.5. The molecule has 4 rings (SSSR count). The summed E-state index contributed by atoms with van der Waals surface area (Å²) in [6, 6.07) is 24.4. The molecule has 0 radical (unpaired) electrons. The molecule has 0 fully saturated rings. The van der Waals surface area contributed by atoms with Gasteiger partial charge in [-0.1, -0.05) is 60.7 Å². The standard InChI is InChI=1S/C26H22N2O4/c1-32-26(31)25(18-11-13-20(29)14-12-18)28-24(30)16-19-15-23(17-7-3-2-4-8-17)27-22-10-6-5-9-21(19)22/h2-15,25,29H,16H2,1H3,(H,28,30)/t25-/m1/s1. The largest absolute Gasteiger partial charge is 0.508 e. The van der Waals surface area contributed by atoms with Crippen molar-refractivity contribution in [2.45, 2.75) is 12.5 Å². The monoisotopic (exact) mass is 426 g/mol. The summed E-state index contributed by atoms with van der Waals surface area (Å²) in [5, 5.41) is 13.2. The first kappa shape index (κ1) is 21.1. The number of rotatable bonds is 6. The van der Waals surface area contributed by atoms with Gasteiger partial charge in [0.1, 0.15) is 5.75 Å². The molecule has 0 saturated carbocycles. The van der Waals surface area contributed by atoms with E-state index in [0.29, 0.717) is 5.56 Å². The van der Waals surface area contributed by atoms with Crippen LogP contribution in [0.25, 0.3) is 22.2 Å². The van der Waals surface area contributed by atoms with Gasteiger partial charge in [0.05, 0.1) is 24.7 Å². The first-order chi connectivity index (χ1) is 15.5. The summed E-state index contributed by atoms with van der Waals surface area (Å²) in [6.45, 7) is 0. The normalized spacial score (nSPS) is 11.7. The molecule has 0 aliphatic heterocycles. The van der Waals surface area contributed by atoms with Crippen LogP contribution in [-0.2, 0) is 20.7 Å². The van der Waals surface area contributed by atoms with Gasteiger partial charge < -0.3 is 15.2 Å². The Kier molecular flexibility index (Phi) is 6.12. The van der Waals surface area contributed by atoms with E-state index >= 15 is 0 Å². The minimum absolute atomic E-state index is 0.0639. The number of nitrogens with zero attached hydrogens (tertiary/aromatic N) is 1. The highest BCUT2D eigenvalue weighted by atomic mass is 16.5. The van der Waals surface area contributed by atoms with Gasteiger partial charge in [-0.05, 0) is 35.4 Å². The lowest BCUT2D eigenvalue weighted by molar-refractivity contribution is -0.145. The van der Waals surface area contributed by atoms with Crippen LogP contribution in [-0.4, -0.2) is 29.1 Å². The van der Waals surface area contributed by atoms with Crippen molar-refractivity contribution in [1.82, 2.24) is 10.3 Å². The Balaban J connectivity index is 1.65. The topological polar surface area (TPSA) is 88.5 Å². The fraction of sp³-hybridized carbons (Fsp3) is 0.115. The third-order valence-electron chi connectivity index (χ3n) is 5.19. The fourth-order valence-electron chi connectivity index (χ4n) is 3.60. The van der Waals surface area contributed by atoms with Crippen molar-refractivity contribution in [2.24, 2.45) is 0 Å². The number of para-hydroxylation sites is 1. The van der Waals surface area contributed by atoms with Crippen molar-refractivity contribution < 1.29 is 19.4 Å². The molecular formula is C26H22N2O4. The van der Waals surface area contributed by atoms with E-state index in [9.17, 15) is 14.7 Å². The van der Waals surface area contributed by atoms with Crippen LogP contribution < -0.4 is 5.32 Å². The van der Waals surface area contributed by atoms with Crippen LogP contribution >= 0.6 is 0 Å². The number of carbonyl (C=O) groups excluding carboxylic acids is 2. The molecule has 0 saturated heterocycles. The average molecular weight is 426 g/mol. The molecule has 32 heavy (non-hydrogen) atoms. The highest BCUT2D eigenvalue weighted by Crippen LogP contribution is 2.25. The van der Waals surface area contributed by atoms with Gasteiger partial charge in [-0.25, -0.2) is 9.78 Å². The van der Waals surface area contributed by atoms with E-state index in [-0.39, 0.29) is 18.1 Å². The number of hydrogen-bond acceptors (Lipinski definition) is 5. The van der Waals surface area contributed by atoms with Crippen LogP contribution in [0, 0.1) is 0 Å². The van der Waals surface area contributed by atoms with E-state index in [4.69, 9.17) is 9.72 Å². The predicted molar refractivity (Wildman–Crippen MR) is 122 cm³/mol. The number of aromatic nitrogens is 1. The minimum Gasteiger partial charge on any atom is -0.508 e. The number of fused-ring (bicyclic) bond motifs is 1. The van der Waals surface area contributed by atoms with Gasteiger partial charge in [-0.3, -0.25) is 4.79 Å². The number of nitrogens with one attached hydrogen (secondary N) is 1. The SMILES string of the molecule is COC(=O)[C@H](NC(=O)Cc1cc(-c2ccccc2)nc2ccccc12)c1ccc(O)cc1. The number of ether oxygens (including phenoxy) is 1. The second-order valence-electron chi connectivity index (χ2n) is 7.34. The maximum absolute atomic E-state index is 13.0. The van der Waals surface area contributed by atoms with Crippen LogP contribution in [0.5, 0.6) is 5.75 Å². The van der Waals surface area contributed by atoms with Crippen molar-refractivity contribution in [3.05, 3.63) is 96.1 Å². The van der Waals surface area contributed by atoms with Crippen LogP contribution in [0.3, 0.4) is 0 Å². The summed E-state index contributed by atoms with van der Waals surface area (Å²) < 4.78 is 4.87. The third-order valence-corrected chi connectivity index (χ3v) is 5.19. The fourth-order valence-corrected chi connectivity index (χ4v) is 3.60. The lowest BCUT2D eigenvalue weighted by atomic mass is 10.0.